The summed E-state index contributed by atoms with van der Waals surface area (Å²) in [4.78, 5) is 28.8. The summed E-state index contributed by atoms with van der Waals surface area (Å²) in [5, 5.41) is 14.0. The summed E-state index contributed by atoms with van der Waals surface area (Å²) in [6.07, 6.45) is -5.85. The van der Waals surface area contributed by atoms with Gasteiger partial charge in [-0.25, -0.2) is 9.37 Å². The first-order valence-electron chi connectivity index (χ1n) is 12.2. The summed E-state index contributed by atoms with van der Waals surface area (Å²) in [5.74, 6) is -2.37. The van der Waals surface area contributed by atoms with Gasteiger partial charge in [-0.15, -0.1) is 0 Å². The van der Waals surface area contributed by atoms with Crippen molar-refractivity contribution in [3.05, 3.63) is 83.4 Å². The van der Waals surface area contributed by atoms with Crippen molar-refractivity contribution in [1.29, 1.82) is 0 Å². The van der Waals surface area contributed by atoms with Crippen LogP contribution >= 0.6 is 0 Å². The minimum Gasteiger partial charge on any atom is -0.491 e. The molecule has 2 heterocycles. The van der Waals surface area contributed by atoms with Crippen LogP contribution in [0.15, 0.2) is 60.7 Å². The number of aliphatic hydroxyl groups is 1. The Labute approximate surface area is 226 Å². The van der Waals surface area contributed by atoms with Crippen LogP contribution < -0.4 is 15.8 Å². The molecule has 0 saturated heterocycles. The van der Waals surface area contributed by atoms with E-state index in [1.165, 1.54) is 22.8 Å². The van der Waals surface area contributed by atoms with Gasteiger partial charge in [-0.3, -0.25) is 9.59 Å². The summed E-state index contributed by atoms with van der Waals surface area (Å²) in [7, 11) is 1.59. The van der Waals surface area contributed by atoms with Gasteiger partial charge in [0.2, 0.25) is 11.5 Å². The van der Waals surface area contributed by atoms with E-state index < -0.39 is 48.1 Å². The Balaban J connectivity index is 1.81. The van der Waals surface area contributed by atoms with Crippen LogP contribution in [0.2, 0.25) is 0 Å². The zero-order valence-corrected chi connectivity index (χ0v) is 21.6. The van der Waals surface area contributed by atoms with E-state index in [1.807, 2.05) is 0 Å². The van der Waals surface area contributed by atoms with Crippen LogP contribution in [0.5, 0.6) is 5.75 Å². The van der Waals surface area contributed by atoms with Gasteiger partial charge in [-0.2, -0.15) is 13.2 Å². The molecule has 0 saturated carbocycles. The molecule has 0 aliphatic carbocycles. The molecule has 1 atom stereocenters. The molecule has 8 nitrogen and oxygen atoms in total. The number of aromatic nitrogens is 2. The minimum absolute atomic E-state index is 0.0410. The van der Waals surface area contributed by atoms with E-state index in [0.29, 0.717) is 10.9 Å². The highest BCUT2D eigenvalue weighted by molar-refractivity contribution is 5.98. The Morgan fingerprint density at radius 2 is 1.77 bits per heavy atom. The largest absolute Gasteiger partial charge is 0.491 e. The zero-order chi connectivity index (χ0) is 29.2. The highest BCUT2D eigenvalue weighted by Crippen LogP contribution is 2.42. The van der Waals surface area contributed by atoms with E-state index in [-0.39, 0.29) is 34.9 Å². The molecule has 0 aliphatic heterocycles. The second-order valence-electron chi connectivity index (χ2n) is 9.12. The van der Waals surface area contributed by atoms with Gasteiger partial charge in [0, 0.05) is 29.1 Å². The highest BCUT2D eigenvalue weighted by Gasteiger charge is 2.56. The third-order valence-corrected chi connectivity index (χ3v) is 6.40. The maximum Gasteiger partial charge on any atom is 0.424 e. The standard InChI is InChI=1S/C28H26F4N4O4/c1-3-40-25-18(14-23(33)37)13-22(35-24(25)16-8-10-19(29)11-9-16)27(39,28(30,31)32)15-34-26(38)21-12-17-6-4-5-7-20(17)36(21)2/h4-13,39H,3,14-15H2,1-2H3,(H2,33,37)(H,34,38)/t27-/m0/s1. The van der Waals surface area contributed by atoms with Gasteiger partial charge in [0.1, 0.15) is 23.0 Å². The number of pyridine rings is 1. The number of nitrogens with zero attached hydrogens (tertiary/aromatic N) is 2. The molecule has 2 amide bonds. The SMILES string of the molecule is CCOc1c(CC(N)=O)cc([C@@](O)(CNC(=O)c2cc3ccccc3n2C)C(F)(F)F)nc1-c1ccc(F)cc1. The summed E-state index contributed by atoms with van der Waals surface area (Å²) < 4.78 is 64.2. The fraction of sp³-hybridized carbons (Fsp3) is 0.250. The molecule has 4 N–H and O–H groups in total. The molecule has 4 rings (SSSR count). The maximum absolute atomic E-state index is 14.5. The molecule has 0 unspecified atom stereocenters. The lowest BCUT2D eigenvalue weighted by atomic mass is 9.93. The number of amides is 2. The lowest BCUT2D eigenvalue weighted by molar-refractivity contribution is -0.265. The Kier molecular flexibility index (Phi) is 7.83. The van der Waals surface area contributed by atoms with Crippen LogP contribution in [0.4, 0.5) is 17.6 Å². The number of para-hydroxylation sites is 1. The Hall–Kier alpha value is -4.45. The lowest BCUT2D eigenvalue weighted by Gasteiger charge is -2.31. The van der Waals surface area contributed by atoms with Crippen molar-refractivity contribution in [3.8, 4) is 17.0 Å². The molecule has 0 spiro atoms. The molecule has 12 heteroatoms. The summed E-state index contributed by atoms with van der Waals surface area (Å²) in [5.41, 5.74) is 1.45. The number of primary amides is 1. The van der Waals surface area contributed by atoms with E-state index in [2.05, 4.69) is 10.3 Å². The number of halogens is 4. The number of carbonyl (C=O) groups excluding carboxylic acids is 2. The van der Waals surface area contributed by atoms with Gasteiger partial charge >= 0.3 is 6.18 Å². The minimum atomic E-state index is -5.32. The van der Waals surface area contributed by atoms with Crippen molar-refractivity contribution in [2.45, 2.75) is 25.1 Å². The number of carbonyl (C=O) groups is 2. The van der Waals surface area contributed by atoms with Crippen molar-refractivity contribution < 1.29 is 37.0 Å². The zero-order valence-electron chi connectivity index (χ0n) is 21.6. The van der Waals surface area contributed by atoms with Crippen LogP contribution in [0.1, 0.15) is 28.7 Å². The topological polar surface area (TPSA) is 119 Å². The van der Waals surface area contributed by atoms with Crippen molar-refractivity contribution in [3.63, 3.8) is 0 Å². The van der Waals surface area contributed by atoms with Gasteiger partial charge in [-0.05, 0) is 49.4 Å². The number of aryl methyl sites for hydroxylation is 1. The van der Waals surface area contributed by atoms with Gasteiger partial charge < -0.3 is 25.5 Å². The Morgan fingerprint density at radius 3 is 2.38 bits per heavy atom. The lowest BCUT2D eigenvalue weighted by Crippen LogP contribution is -2.51. The Morgan fingerprint density at radius 1 is 1.10 bits per heavy atom. The number of nitrogens with two attached hydrogens (primary N) is 1. The number of ether oxygens (including phenoxy) is 1. The third kappa shape index (κ3) is 5.48. The van der Waals surface area contributed by atoms with Gasteiger partial charge in [0.05, 0.1) is 25.3 Å². The predicted octanol–water partition coefficient (Wildman–Crippen LogP) is 3.99. The highest BCUT2D eigenvalue weighted by atomic mass is 19.4. The first-order chi connectivity index (χ1) is 18.9. The first kappa shape index (κ1) is 28.6. The molecule has 210 valence electrons. The molecular formula is C28H26F4N4O4. The second-order valence-corrected chi connectivity index (χ2v) is 9.12. The smallest absolute Gasteiger partial charge is 0.424 e. The monoisotopic (exact) mass is 558 g/mol. The third-order valence-electron chi connectivity index (χ3n) is 6.40. The van der Waals surface area contributed by atoms with E-state index in [4.69, 9.17) is 10.5 Å². The van der Waals surface area contributed by atoms with E-state index >= 15 is 0 Å². The number of alkyl halides is 3. The van der Waals surface area contributed by atoms with E-state index in [1.54, 1.807) is 38.2 Å². The molecule has 40 heavy (non-hydrogen) atoms. The molecule has 2 aromatic heterocycles. The summed E-state index contributed by atoms with van der Waals surface area (Å²) in [6.45, 7) is 0.382. The quantitative estimate of drug-likeness (QED) is 0.269. The van der Waals surface area contributed by atoms with Gasteiger partial charge in [0.15, 0.2) is 0 Å². The predicted molar refractivity (Wildman–Crippen MR) is 139 cm³/mol. The molecule has 0 fully saturated rings. The van der Waals surface area contributed by atoms with Crippen molar-refractivity contribution in [2.75, 3.05) is 13.2 Å². The number of nitrogens with one attached hydrogen (secondary N) is 1. The molecule has 0 aliphatic rings. The summed E-state index contributed by atoms with van der Waals surface area (Å²) >= 11 is 0. The molecule has 4 aromatic rings. The normalized spacial score (nSPS) is 13.2. The molecular weight excluding hydrogens is 532 g/mol. The van der Waals surface area contributed by atoms with Crippen LogP contribution in [-0.4, -0.2) is 45.8 Å². The van der Waals surface area contributed by atoms with E-state index in [0.717, 1.165) is 18.2 Å². The number of hydrogen-bond donors (Lipinski definition) is 3. The van der Waals surface area contributed by atoms with Gasteiger partial charge in [0.25, 0.3) is 5.91 Å². The second kappa shape index (κ2) is 11.0. The molecule has 0 radical (unpaired) electrons. The van der Waals surface area contributed by atoms with Gasteiger partial charge in [-0.1, -0.05) is 18.2 Å². The molecule has 0 bridgehead atoms. The fourth-order valence-corrected chi connectivity index (χ4v) is 4.37. The van der Waals surface area contributed by atoms with Crippen LogP contribution in [0.25, 0.3) is 22.2 Å². The Bertz CT molecular complexity index is 1570. The fourth-order valence-electron chi connectivity index (χ4n) is 4.37. The number of hydrogen-bond acceptors (Lipinski definition) is 5. The molecule has 2 aromatic carbocycles. The average Bonchev–Trinajstić information content (AvgIpc) is 3.24. The average molecular weight is 559 g/mol. The van der Waals surface area contributed by atoms with Crippen LogP contribution in [0.3, 0.4) is 0 Å². The van der Waals surface area contributed by atoms with Crippen molar-refractivity contribution in [2.24, 2.45) is 12.8 Å². The first-order valence-corrected chi connectivity index (χ1v) is 12.2. The van der Waals surface area contributed by atoms with E-state index in [9.17, 15) is 32.3 Å². The summed E-state index contributed by atoms with van der Waals surface area (Å²) in [6, 6.07) is 14.1. The van der Waals surface area contributed by atoms with Crippen LogP contribution in [-0.2, 0) is 23.9 Å². The van der Waals surface area contributed by atoms with Crippen LogP contribution in [0, 0.1) is 5.82 Å². The van der Waals surface area contributed by atoms with Crippen molar-refractivity contribution >= 4 is 22.7 Å². The number of benzene rings is 2. The number of fused-ring (bicyclic) bond motifs is 1. The van der Waals surface area contributed by atoms with Crippen molar-refractivity contribution in [1.82, 2.24) is 14.9 Å². The maximum atomic E-state index is 14.5. The number of rotatable bonds is 9.